The van der Waals surface area contributed by atoms with Crippen molar-refractivity contribution < 1.29 is 19.0 Å². The molecule has 2 heterocycles. The Morgan fingerprint density at radius 2 is 1.83 bits per heavy atom. The zero-order chi connectivity index (χ0) is 24.9. The van der Waals surface area contributed by atoms with Gasteiger partial charge < -0.3 is 19.5 Å². The van der Waals surface area contributed by atoms with Crippen LogP contribution in [0.25, 0.3) is 10.2 Å². The van der Waals surface area contributed by atoms with E-state index in [0.717, 1.165) is 10.1 Å². The van der Waals surface area contributed by atoms with Crippen LogP contribution in [-0.2, 0) is 17.9 Å². The Morgan fingerprint density at radius 3 is 2.57 bits per heavy atom. The van der Waals surface area contributed by atoms with Crippen LogP contribution in [0, 0.1) is 0 Å². The van der Waals surface area contributed by atoms with E-state index in [-0.39, 0.29) is 13.1 Å². The lowest BCUT2D eigenvalue weighted by molar-refractivity contribution is -0.116. The highest BCUT2D eigenvalue weighted by molar-refractivity contribution is 7.17. The highest BCUT2D eigenvalue weighted by Crippen LogP contribution is 2.29. The number of nitrogens with one attached hydrogen (secondary N) is 1. The van der Waals surface area contributed by atoms with Gasteiger partial charge in [-0.15, -0.1) is 11.3 Å². The molecule has 0 aliphatic carbocycles. The maximum Gasteiger partial charge on any atom is 0.332 e. The van der Waals surface area contributed by atoms with E-state index in [0.29, 0.717) is 39.8 Å². The molecule has 2 aromatic heterocycles. The third-order valence-corrected chi connectivity index (χ3v) is 6.26. The lowest BCUT2D eigenvalue weighted by Gasteiger charge is -2.14. The highest BCUT2D eigenvalue weighted by atomic mass is 32.1. The summed E-state index contributed by atoms with van der Waals surface area (Å²) in [6.07, 6.45) is 0. The summed E-state index contributed by atoms with van der Waals surface area (Å²) in [5, 5.41) is 4.50. The number of rotatable bonds is 9. The van der Waals surface area contributed by atoms with E-state index in [1.54, 1.807) is 35.7 Å². The molecule has 35 heavy (non-hydrogen) atoms. The van der Waals surface area contributed by atoms with Crippen molar-refractivity contribution in [2.24, 2.45) is 0 Å². The molecule has 0 aliphatic heterocycles. The molecule has 1 amide bonds. The minimum atomic E-state index is -0.570. The Labute approximate surface area is 205 Å². The molecule has 0 fully saturated rings. The van der Waals surface area contributed by atoms with E-state index in [4.69, 9.17) is 14.2 Å². The molecule has 0 unspecified atom stereocenters. The number of thiophene rings is 1. The predicted octanol–water partition coefficient (Wildman–Crippen LogP) is 3.33. The van der Waals surface area contributed by atoms with Crippen LogP contribution in [0.4, 0.5) is 5.69 Å². The number of anilines is 1. The fraction of sp³-hybridized carbons (Fsp3) is 0.240. The van der Waals surface area contributed by atoms with E-state index < -0.39 is 17.2 Å². The molecule has 0 aliphatic rings. The van der Waals surface area contributed by atoms with Crippen LogP contribution in [0.5, 0.6) is 17.2 Å². The van der Waals surface area contributed by atoms with Gasteiger partial charge in [-0.1, -0.05) is 12.1 Å². The van der Waals surface area contributed by atoms with Crippen molar-refractivity contribution in [1.82, 2.24) is 9.13 Å². The van der Waals surface area contributed by atoms with E-state index in [1.165, 1.54) is 30.1 Å². The van der Waals surface area contributed by atoms with Crippen molar-refractivity contribution in [2.75, 3.05) is 26.1 Å². The van der Waals surface area contributed by atoms with Crippen LogP contribution in [-0.4, -0.2) is 35.9 Å². The van der Waals surface area contributed by atoms with Crippen LogP contribution < -0.4 is 30.8 Å². The van der Waals surface area contributed by atoms with Crippen molar-refractivity contribution in [3.05, 3.63) is 80.3 Å². The molecule has 0 atom stereocenters. The molecule has 10 heteroatoms. The molecule has 9 nitrogen and oxygen atoms in total. The molecule has 4 rings (SSSR count). The van der Waals surface area contributed by atoms with Crippen LogP contribution in [0.1, 0.15) is 12.5 Å². The van der Waals surface area contributed by atoms with Gasteiger partial charge in [-0.2, -0.15) is 0 Å². The van der Waals surface area contributed by atoms with E-state index in [9.17, 15) is 14.4 Å². The minimum Gasteiger partial charge on any atom is -0.497 e. The standard InChI is InChI=1S/C25H25N3O6S/c1-4-34-18-7-5-6-16(12-18)14-28-24(30)23-20(10-11-35-23)27(25(28)31)15-22(29)26-19-9-8-17(32-2)13-21(19)33-3/h5-13H,4,14-15H2,1-3H3,(H,26,29). The molecular formula is C25H25N3O6S. The Bertz CT molecular complexity index is 1490. The molecule has 0 bridgehead atoms. The van der Waals surface area contributed by atoms with Gasteiger partial charge in [-0.05, 0) is 48.2 Å². The van der Waals surface area contributed by atoms with Crippen molar-refractivity contribution in [1.29, 1.82) is 0 Å². The van der Waals surface area contributed by atoms with Crippen LogP contribution in [0.3, 0.4) is 0 Å². The van der Waals surface area contributed by atoms with E-state index in [1.807, 2.05) is 25.1 Å². The number of nitrogens with zero attached hydrogens (tertiary/aromatic N) is 2. The largest absolute Gasteiger partial charge is 0.497 e. The molecule has 0 saturated heterocycles. The van der Waals surface area contributed by atoms with Gasteiger partial charge >= 0.3 is 5.69 Å². The summed E-state index contributed by atoms with van der Waals surface area (Å²) >= 11 is 1.23. The topological polar surface area (TPSA) is 101 Å². The van der Waals surface area contributed by atoms with Crippen LogP contribution >= 0.6 is 11.3 Å². The number of amides is 1. The fourth-order valence-electron chi connectivity index (χ4n) is 3.74. The van der Waals surface area contributed by atoms with Crippen LogP contribution in [0.2, 0.25) is 0 Å². The average molecular weight is 496 g/mol. The van der Waals surface area contributed by atoms with Crippen molar-refractivity contribution >= 4 is 33.1 Å². The number of aromatic nitrogens is 2. The first-order chi connectivity index (χ1) is 16.9. The second-order valence-corrected chi connectivity index (χ2v) is 8.51. The second-order valence-electron chi connectivity index (χ2n) is 7.59. The SMILES string of the molecule is CCOc1cccc(Cn2c(=O)c3sccc3n(CC(=O)Nc3ccc(OC)cc3OC)c2=O)c1. The van der Waals surface area contributed by atoms with Gasteiger partial charge in [0.15, 0.2) is 0 Å². The predicted molar refractivity (Wildman–Crippen MR) is 135 cm³/mol. The highest BCUT2D eigenvalue weighted by Gasteiger charge is 2.18. The molecular weight excluding hydrogens is 470 g/mol. The Hall–Kier alpha value is -4.05. The third kappa shape index (κ3) is 5.07. The average Bonchev–Trinajstić information content (AvgIpc) is 3.35. The number of carbonyl (C=O) groups excluding carboxylic acids is 1. The van der Waals surface area contributed by atoms with Gasteiger partial charge in [0, 0.05) is 6.07 Å². The summed E-state index contributed by atoms with van der Waals surface area (Å²) in [6, 6.07) is 13.9. The van der Waals surface area contributed by atoms with Crippen LogP contribution in [0.15, 0.2) is 63.5 Å². The number of carbonyl (C=O) groups is 1. The van der Waals surface area contributed by atoms with Gasteiger partial charge in [0.2, 0.25) is 5.91 Å². The van der Waals surface area contributed by atoms with Crippen molar-refractivity contribution in [2.45, 2.75) is 20.0 Å². The summed E-state index contributed by atoms with van der Waals surface area (Å²) in [5.74, 6) is 1.22. The number of ether oxygens (including phenoxy) is 3. The lowest BCUT2D eigenvalue weighted by Crippen LogP contribution is -2.41. The first-order valence-electron chi connectivity index (χ1n) is 10.9. The zero-order valence-corrected chi connectivity index (χ0v) is 20.4. The van der Waals surface area contributed by atoms with Gasteiger partial charge in [0.1, 0.15) is 28.5 Å². The first-order valence-corrected chi connectivity index (χ1v) is 11.8. The first kappa shape index (κ1) is 24.1. The quantitative estimate of drug-likeness (QED) is 0.382. The Kier molecular flexibility index (Phi) is 7.21. The maximum atomic E-state index is 13.4. The number of methoxy groups -OCH3 is 2. The third-order valence-electron chi connectivity index (χ3n) is 5.37. The summed E-state index contributed by atoms with van der Waals surface area (Å²) < 4.78 is 18.9. The Morgan fingerprint density at radius 1 is 1.00 bits per heavy atom. The molecule has 0 saturated carbocycles. The smallest absolute Gasteiger partial charge is 0.332 e. The summed E-state index contributed by atoms with van der Waals surface area (Å²) in [4.78, 5) is 39.4. The number of hydrogen-bond donors (Lipinski definition) is 1. The number of fused-ring (bicyclic) bond motifs is 1. The normalized spacial score (nSPS) is 10.8. The molecule has 0 spiro atoms. The van der Waals surface area contributed by atoms with E-state index >= 15 is 0 Å². The van der Waals surface area contributed by atoms with Gasteiger partial charge in [-0.25, -0.2) is 4.79 Å². The monoisotopic (exact) mass is 495 g/mol. The van der Waals surface area contributed by atoms with Gasteiger partial charge in [-0.3, -0.25) is 18.7 Å². The van der Waals surface area contributed by atoms with Gasteiger partial charge in [0.25, 0.3) is 5.56 Å². The molecule has 4 aromatic rings. The maximum absolute atomic E-state index is 13.4. The molecule has 2 aromatic carbocycles. The summed E-state index contributed by atoms with van der Waals surface area (Å²) in [6.45, 7) is 2.17. The lowest BCUT2D eigenvalue weighted by atomic mass is 10.2. The minimum absolute atomic E-state index is 0.0559. The van der Waals surface area contributed by atoms with Crippen molar-refractivity contribution in [3.63, 3.8) is 0 Å². The molecule has 182 valence electrons. The summed E-state index contributed by atoms with van der Waals surface area (Å²) in [7, 11) is 3.02. The Balaban J connectivity index is 1.67. The number of benzene rings is 2. The van der Waals surface area contributed by atoms with Gasteiger partial charge in [0.05, 0.1) is 38.6 Å². The van der Waals surface area contributed by atoms with E-state index in [2.05, 4.69) is 5.32 Å². The zero-order valence-electron chi connectivity index (χ0n) is 19.6. The molecule has 0 radical (unpaired) electrons. The van der Waals surface area contributed by atoms with Crippen molar-refractivity contribution in [3.8, 4) is 17.2 Å². The molecule has 1 N–H and O–H groups in total. The fourth-order valence-corrected chi connectivity index (χ4v) is 4.59. The second kappa shape index (κ2) is 10.5. The summed E-state index contributed by atoms with van der Waals surface area (Å²) in [5.41, 5.74) is 0.634. The number of hydrogen-bond acceptors (Lipinski definition) is 7.